The Bertz CT molecular complexity index is 2420. The molecule has 0 aliphatic carbocycles. The Kier molecular flexibility index (Phi) is 6.75. The molecule has 0 saturated carbocycles. The van der Waals surface area contributed by atoms with Crippen molar-refractivity contribution in [1.29, 1.82) is 0 Å². The Morgan fingerprint density at radius 1 is 0.353 bits per heavy atom. The summed E-state index contributed by atoms with van der Waals surface area (Å²) in [6.07, 6.45) is 0. The average Bonchev–Trinajstić information content (AvgIpc) is 3.21. The second-order valence-corrected chi connectivity index (χ2v) is 16.5. The van der Waals surface area contributed by atoms with Crippen molar-refractivity contribution in [2.75, 3.05) is 4.90 Å². The van der Waals surface area contributed by atoms with Crippen LogP contribution in [0, 0.1) is 0 Å². The lowest BCUT2D eigenvalue weighted by molar-refractivity contribution is 0.487. The third kappa shape index (κ3) is 4.57. The van der Waals surface area contributed by atoms with Crippen molar-refractivity contribution in [3.8, 4) is 45.7 Å². The maximum absolute atomic E-state index is 6.58. The molecule has 0 bridgehead atoms. The van der Waals surface area contributed by atoms with Crippen LogP contribution in [0.1, 0.15) is 0 Å². The number of hydrogen-bond acceptors (Lipinski definition) is 5. The highest BCUT2D eigenvalue weighted by atomic mass is 28.3. The van der Waals surface area contributed by atoms with Gasteiger partial charge in [0.2, 0.25) is 0 Å². The molecule has 2 aliphatic heterocycles. The Labute approximate surface area is 297 Å². The van der Waals surface area contributed by atoms with Crippen LogP contribution in [-0.4, -0.2) is 23.0 Å². The first-order valence-electron chi connectivity index (χ1n) is 17.1. The first kappa shape index (κ1) is 29.3. The summed E-state index contributed by atoms with van der Waals surface area (Å²) in [5.41, 5.74) is 6.25. The van der Waals surface area contributed by atoms with E-state index >= 15 is 0 Å². The molecule has 240 valence electrons. The van der Waals surface area contributed by atoms with E-state index in [4.69, 9.17) is 19.7 Å². The first-order valence-corrected chi connectivity index (χ1v) is 19.1. The van der Waals surface area contributed by atoms with Gasteiger partial charge in [-0.2, -0.15) is 0 Å². The molecular weight excluding hydrogens is 641 g/mol. The summed E-state index contributed by atoms with van der Waals surface area (Å²) in [6.45, 7) is 0. The topological polar surface area (TPSA) is 51.1 Å². The van der Waals surface area contributed by atoms with Gasteiger partial charge in [0.15, 0.2) is 25.5 Å². The lowest BCUT2D eigenvalue weighted by Crippen LogP contribution is -2.78. The molecule has 0 N–H and O–H groups in total. The van der Waals surface area contributed by atoms with E-state index in [1.54, 1.807) is 0 Å². The Morgan fingerprint density at radius 3 is 1.20 bits per heavy atom. The van der Waals surface area contributed by atoms with Gasteiger partial charge < -0.3 is 9.64 Å². The molecule has 0 amide bonds. The number of para-hydroxylation sites is 4. The molecule has 7 aromatic carbocycles. The highest BCUT2D eigenvalue weighted by Crippen LogP contribution is 2.41. The fourth-order valence-corrected chi connectivity index (χ4v) is 13.1. The van der Waals surface area contributed by atoms with Crippen molar-refractivity contribution in [3.05, 3.63) is 182 Å². The predicted molar refractivity (Wildman–Crippen MR) is 208 cm³/mol. The van der Waals surface area contributed by atoms with Gasteiger partial charge in [0.05, 0.1) is 0 Å². The predicted octanol–water partition coefficient (Wildman–Crippen LogP) is 8.14. The molecule has 0 fully saturated rings. The fraction of sp³-hybridized carbons (Fsp3) is 0. The Balaban J connectivity index is 1.14. The van der Waals surface area contributed by atoms with E-state index in [-0.39, 0.29) is 0 Å². The molecule has 0 radical (unpaired) electrons. The zero-order valence-electron chi connectivity index (χ0n) is 27.5. The molecule has 2 aliphatic rings. The number of ether oxygens (including phenoxy) is 1. The zero-order valence-corrected chi connectivity index (χ0v) is 28.5. The summed E-state index contributed by atoms with van der Waals surface area (Å²) in [5, 5.41) is 5.23. The van der Waals surface area contributed by atoms with E-state index in [0.29, 0.717) is 17.5 Å². The Morgan fingerprint density at radius 2 is 0.725 bits per heavy atom. The average molecular weight is 671 g/mol. The summed E-state index contributed by atoms with van der Waals surface area (Å²) in [4.78, 5) is 17.2. The van der Waals surface area contributed by atoms with Gasteiger partial charge in [-0.1, -0.05) is 133 Å². The van der Waals surface area contributed by atoms with Crippen LogP contribution in [0.5, 0.6) is 11.5 Å². The maximum Gasteiger partial charge on any atom is 0.192 e. The fourth-order valence-electron chi connectivity index (χ4n) is 7.80. The molecule has 8 aromatic rings. The second-order valence-electron chi connectivity index (χ2n) is 12.8. The number of benzene rings is 7. The van der Waals surface area contributed by atoms with Gasteiger partial charge >= 0.3 is 0 Å². The van der Waals surface area contributed by atoms with Crippen molar-refractivity contribution in [2.24, 2.45) is 0 Å². The van der Waals surface area contributed by atoms with Gasteiger partial charge in [-0.05, 0) is 69.3 Å². The monoisotopic (exact) mass is 670 g/mol. The molecule has 6 heteroatoms. The van der Waals surface area contributed by atoms with Crippen LogP contribution in [0.15, 0.2) is 182 Å². The minimum Gasteiger partial charge on any atom is -0.458 e. The number of nitrogens with zero attached hydrogens (tertiary/aromatic N) is 4. The van der Waals surface area contributed by atoms with Crippen LogP contribution in [0.3, 0.4) is 0 Å². The normalized spacial score (nSPS) is 13.4. The van der Waals surface area contributed by atoms with E-state index in [0.717, 1.165) is 33.9 Å². The van der Waals surface area contributed by atoms with Crippen molar-refractivity contribution < 1.29 is 4.74 Å². The Hall–Kier alpha value is -6.63. The zero-order chi connectivity index (χ0) is 33.8. The van der Waals surface area contributed by atoms with Crippen molar-refractivity contribution in [3.63, 3.8) is 0 Å². The molecule has 0 saturated heterocycles. The largest absolute Gasteiger partial charge is 0.458 e. The van der Waals surface area contributed by atoms with Crippen LogP contribution >= 0.6 is 0 Å². The molecule has 51 heavy (non-hydrogen) atoms. The smallest absolute Gasteiger partial charge is 0.192 e. The van der Waals surface area contributed by atoms with Gasteiger partial charge in [0.1, 0.15) is 11.5 Å². The SMILES string of the molecule is c1ccc(-c2nc(-c3ccccc3)nc(-c3ccc(N4c5ccccc5[Si]5(c6ccccc6Oc6ccccc65)c5ccccc54)cc3)n2)cc1. The van der Waals surface area contributed by atoms with E-state index in [1.807, 2.05) is 60.7 Å². The summed E-state index contributed by atoms with van der Waals surface area (Å²) in [5.74, 6) is 3.81. The first-order chi connectivity index (χ1) is 25.3. The molecule has 10 rings (SSSR count). The summed E-state index contributed by atoms with van der Waals surface area (Å²) < 4.78 is 6.58. The van der Waals surface area contributed by atoms with Gasteiger partial charge in [-0.15, -0.1) is 0 Å². The van der Waals surface area contributed by atoms with Crippen molar-refractivity contribution in [1.82, 2.24) is 15.0 Å². The highest BCUT2D eigenvalue weighted by Gasteiger charge is 2.53. The van der Waals surface area contributed by atoms with Crippen LogP contribution < -0.4 is 30.4 Å². The summed E-state index contributed by atoms with van der Waals surface area (Å²) in [6, 6.07) is 63.9. The minimum absolute atomic E-state index is 0.635. The number of fused-ring (bicyclic) bond motifs is 8. The molecule has 0 unspecified atom stereocenters. The van der Waals surface area contributed by atoms with Gasteiger partial charge in [0.25, 0.3) is 0 Å². The molecule has 3 heterocycles. The van der Waals surface area contributed by atoms with E-state index in [9.17, 15) is 0 Å². The highest BCUT2D eigenvalue weighted by molar-refractivity contribution is 7.22. The number of anilines is 3. The van der Waals surface area contributed by atoms with Crippen molar-refractivity contribution in [2.45, 2.75) is 0 Å². The van der Waals surface area contributed by atoms with Gasteiger partial charge in [-0.25, -0.2) is 15.0 Å². The van der Waals surface area contributed by atoms with Crippen LogP contribution in [-0.2, 0) is 0 Å². The quantitative estimate of drug-likeness (QED) is 0.177. The minimum atomic E-state index is -2.76. The molecule has 5 nitrogen and oxygen atoms in total. The van der Waals surface area contributed by atoms with Crippen LogP contribution in [0.4, 0.5) is 17.1 Å². The molecular formula is C45H30N4OSi. The summed E-state index contributed by atoms with van der Waals surface area (Å²) in [7, 11) is -2.76. The number of aromatic nitrogens is 3. The number of hydrogen-bond donors (Lipinski definition) is 0. The summed E-state index contributed by atoms with van der Waals surface area (Å²) >= 11 is 0. The molecule has 1 spiro atoms. The third-order valence-corrected chi connectivity index (χ3v) is 14.9. The molecule has 1 aromatic heterocycles. The standard InChI is InChI=1S/C45H30N4OSi/c1-3-15-31(16-4-1)43-46-44(32-17-5-2-6-18-32)48-45(47-43)33-27-29-34(30-28-33)49-35-19-7-11-23-39(35)51(40-24-12-8-20-36(40)49)41-25-13-9-21-37(41)50-38-22-10-14-26-42(38)51/h1-30H. The lowest BCUT2D eigenvalue weighted by Gasteiger charge is -2.47. The van der Waals surface area contributed by atoms with Crippen LogP contribution in [0.25, 0.3) is 34.2 Å². The van der Waals surface area contributed by atoms with Gasteiger partial charge in [-0.3, -0.25) is 0 Å². The van der Waals surface area contributed by atoms with Gasteiger partial charge in [0, 0.05) is 33.8 Å². The lowest BCUT2D eigenvalue weighted by atomic mass is 10.1. The van der Waals surface area contributed by atoms with E-state index < -0.39 is 8.07 Å². The maximum atomic E-state index is 6.58. The van der Waals surface area contributed by atoms with E-state index in [2.05, 4.69) is 126 Å². The van der Waals surface area contributed by atoms with Crippen LogP contribution in [0.2, 0.25) is 0 Å². The third-order valence-electron chi connectivity index (χ3n) is 9.98. The molecule has 0 atom stereocenters. The van der Waals surface area contributed by atoms with Crippen molar-refractivity contribution >= 4 is 45.9 Å². The second kappa shape index (κ2) is 11.8. The van der Waals surface area contributed by atoms with E-state index in [1.165, 1.54) is 32.1 Å². The number of rotatable bonds is 4.